The minimum atomic E-state index is -1.14. The number of halogens is 2. The summed E-state index contributed by atoms with van der Waals surface area (Å²) >= 11 is 0. The highest BCUT2D eigenvalue weighted by Gasteiger charge is 2.24. The SMILES string of the molecule is O=C(Nc1nccnc1C(=O)NC1CCN(Cc2ccccc2)CC1)c1ccc(F)c(F)c1. The van der Waals surface area contributed by atoms with Crippen molar-refractivity contribution >= 4 is 17.6 Å². The van der Waals surface area contributed by atoms with E-state index < -0.39 is 23.4 Å². The average molecular weight is 451 g/mol. The zero-order valence-corrected chi connectivity index (χ0v) is 17.8. The van der Waals surface area contributed by atoms with Crippen LogP contribution < -0.4 is 10.6 Å². The molecule has 1 fully saturated rings. The molecule has 2 heterocycles. The number of hydrogen-bond donors (Lipinski definition) is 2. The molecule has 0 radical (unpaired) electrons. The number of carbonyl (C=O) groups is 2. The van der Waals surface area contributed by atoms with E-state index in [1.807, 2.05) is 18.2 Å². The van der Waals surface area contributed by atoms with Crippen LogP contribution in [0.15, 0.2) is 60.9 Å². The molecule has 0 aliphatic carbocycles. The fraction of sp³-hybridized carbons (Fsp3) is 0.250. The van der Waals surface area contributed by atoms with E-state index in [0.29, 0.717) is 0 Å². The van der Waals surface area contributed by atoms with Crippen LogP contribution in [0.4, 0.5) is 14.6 Å². The van der Waals surface area contributed by atoms with E-state index in [1.165, 1.54) is 18.0 Å². The lowest BCUT2D eigenvalue weighted by molar-refractivity contribution is 0.0904. The summed E-state index contributed by atoms with van der Waals surface area (Å²) in [5.41, 5.74) is 1.11. The number of carbonyl (C=O) groups excluding carboxylic acids is 2. The highest BCUT2D eigenvalue weighted by atomic mass is 19.2. The summed E-state index contributed by atoms with van der Waals surface area (Å²) in [6, 6.07) is 13.0. The summed E-state index contributed by atoms with van der Waals surface area (Å²) in [5.74, 6) is -3.42. The Morgan fingerprint density at radius 2 is 1.67 bits per heavy atom. The molecule has 170 valence electrons. The molecule has 2 N–H and O–H groups in total. The molecule has 1 saturated heterocycles. The summed E-state index contributed by atoms with van der Waals surface area (Å²) < 4.78 is 26.6. The van der Waals surface area contributed by atoms with Gasteiger partial charge in [-0.1, -0.05) is 30.3 Å². The van der Waals surface area contributed by atoms with Crippen molar-refractivity contribution in [3.05, 3.63) is 89.4 Å². The molecule has 2 amide bonds. The molecule has 4 rings (SSSR count). The van der Waals surface area contributed by atoms with Crippen molar-refractivity contribution in [2.75, 3.05) is 18.4 Å². The van der Waals surface area contributed by atoms with Crippen LogP contribution in [0.3, 0.4) is 0 Å². The molecular formula is C24H23F2N5O2. The highest BCUT2D eigenvalue weighted by molar-refractivity contribution is 6.07. The summed E-state index contributed by atoms with van der Waals surface area (Å²) in [6.45, 7) is 2.56. The lowest BCUT2D eigenvalue weighted by Crippen LogP contribution is -2.44. The Hall–Kier alpha value is -3.72. The van der Waals surface area contributed by atoms with Crippen LogP contribution in [0.5, 0.6) is 0 Å². The molecule has 0 saturated carbocycles. The molecule has 1 aromatic heterocycles. The first-order chi connectivity index (χ1) is 16.0. The van der Waals surface area contributed by atoms with Crippen LogP contribution in [0.2, 0.25) is 0 Å². The number of piperidine rings is 1. The van der Waals surface area contributed by atoms with Crippen molar-refractivity contribution in [2.45, 2.75) is 25.4 Å². The Kier molecular flexibility index (Phi) is 6.99. The van der Waals surface area contributed by atoms with Gasteiger partial charge >= 0.3 is 0 Å². The molecule has 1 aliphatic heterocycles. The average Bonchev–Trinajstić information content (AvgIpc) is 2.83. The van der Waals surface area contributed by atoms with Crippen LogP contribution in [-0.4, -0.2) is 45.8 Å². The normalized spacial score (nSPS) is 14.6. The number of nitrogens with zero attached hydrogens (tertiary/aromatic N) is 3. The summed E-state index contributed by atoms with van der Waals surface area (Å²) in [5, 5.41) is 5.42. The zero-order valence-electron chi connectivity index (χ0n) is 17.8. The maximum Gasteiger partial charge on any atom is 0.273 e. The third-order valence-corrected chi connectivity index (χ3v) is 5.50. The largest absolute Gasteiger partial charge is 0.348 e. The maximum absolute atomic E-state index is 13.4. The lowest BCUT2D eigenvalue weighted by atomic mass is 10.0. The van der Waals surface area contributed by atoms with Gasteiger partial charge in [0.1, 0.15) is 0 Å². The molecule has 0 bridgehead atoms. The smallest absolute Gasteiger partial charge is 0.273 e. The molecule has 0 unspecified atom stereocenters. The summed E-state index contributed by atoms with van der Waals surface area (Å²) in [7, 11) is 0. The van der Waals surface area contributed by atoms with Crippen LogP contribution >= 0.6 is 0 Å². The molecule has 3 aromatic rings. The first-order valence-corrected chi connectivity index (χ1v) is 10.6. The minimum Gasteiger partial charge on any atom is -0.348 e. The summed E-state index contributed by atoms with van der Waals surface area (Å²) in [4.78, 5) is 35.7. The first-order valence-electron chi connectivity index (χ1n) is 10.6. The second-order valence-electron chi connectivity index (χ2n) is 7.85. The molecule has 33 heavy (non-hydrogen) atoms. The van der Waals surface area contributed by atoms with E-state index in [1.54, 1.807) is 0 Å². The number of anilines is 1. The van der Waals surface area contributed by atoms with Crippen LogP contribution in [0.1, 0.15) is 39.3 Å². The second-order valence-corrected chi connectivity index (χ2v) is 7.85. The van der Waals surface area contributed by atoms with Gasteiger partial charge in [-0.3, -0.25) is 14.5 Å². The lowest BCUT2D eigenvalue weighted by Gasteiger charge is -2.32. The fourth-order valence-corrected chi connectivity index (χ4v) is 3.74. The van der Waals surface area contributed by atoms with Crippen molar-refractivity contribution in [3.63, 3.8) is 0 Å². The van der Waals surface area contributed by atoms with Crippen molar-refractivity contribution in [3.8, 4) is 0 Å². The van der Waals surface area contributed by atoms with Gasteiger partial charge < -0.3 is 10.6 Å². The van der Waals surface area contributed by atoms with E-state index in [4.69, 9.17) is 0 Å². The Morgan fingerprint density at radius 1 is 0.939 bits per heavy atom. The molecule has 0 spiro atoms. The van der Waals surface area contributed by atoms with Gasteiger partial charge in [-0.2, -0.15) is 0 Å². The van der Waals surface area contributed by atoms with Gasteiger partial charge in [0.2, 0.25) is 0 Å². The fourth-order valence-electron chi connectivity index (χ4n) is 3.74. The van der Waals surface area contributed by atoms with Gasteiger partial charge in [0, 0.05) is 43.6 Å². The van der Waals surface area contributed by atoms with Crippen molar-refractivity contribution in [2.24, 2.45) is 0 Å². The topological polar surface area (TPSA) is 87.2 Å². The van der Waals surface area contributed by atoms with E-state index in [-0.39, 0.29) is 23.1 Å². The standard InChI is InChI=1S/C24H23F2N5O2/c25-19-7-6-17(14-20(19)26)23(32)30-22-21(27-10-11-28-22)24(33)29-18-8-12-31(13-9-18)15-16-4-2-1-3-5-16/h1-7,10-11,14,18H,8-9,12-13,15H2,(H,29,33)(H,28,30,32). The predicted octanol–water partition coefficient (Wildman–Crippen LogP) is 3.40. The molecule has 9 heteroatoms. The van der Waals surface area contributed by atoms with E-state index >= 15 is 0 Å². The molecule has 1 aliphatic rings. The van der Waals surface area contributed by atoms with Gasteiger partial charge in [-0.25, -0.2) is 18.7 Å². The quantitative estimate of drug-likeness (QED) is 0.600. The number of rotatable bonds is 6. The van der Waals surface area contributed by atoms with Crippen LogP contribution in [0.25, 0.3) is 0 Å². The van der Waals surface area contributed by atoms with Gasteiger partial charge in [-0.05, 0) is 36.6 Å². The first kappa shape index (κ1) is 22.5. The number of amides is 2. The van der Waals surface area contributed by atoms with Crippen LogP contribution in [0, 0.1) is 11.6 Å². The third-order valence-electron chi connectivity index (χ3n) is 5.50. The second kappa shape index (κ2) is 10.3. The van der Waals surface area contributed by atoms with Crippen molar-refractivity contribution < 1.29 is 18.4 Å². The zero-order chi connectivity index (χ0) is 23.2. The minimum absolute atomic E-state index is 0.0266. The molecule has 0 atom stereocenters. The van der Waals surface area contributed by atoms with E-state index in [0.717, 1.165) is 50.7 Å². The van der Waals surface area contributed by atoms with Crippen molar-refractivity contribution in [1.82, 2.24) is 20.2 Å². The van der Waals surface area contributed by atoms with Gasteiger partial charge in [-0.15, -0.1) is 0 Å². The Labute approximate surface area is 189 Å². The molecular weight excluding hydrogens is 428 g/mol. The number of aromatic nitrogens is 2. The Balaban J connectivity index is 1.35. The predicted molar refractivity (Wildman–Crippen MR) is 119 cm³/mol. The third kappa shape index (κ3) is 5.75. The van der Waals surface area contributed by atoms with Crippen molar-refractivity contribution in [1.29, 1.82) is 0 Å². The number of benzene rings is 2. The van der Waals surface area contributed by atoms with Gasteiger partial charge in [0.15, 0.2) is 23.1 Å². The van der Waals surface area contributed by atoms with Gasteiger partial charge in [0.05, 0.1) is 0 Å². The maximum atomic E-state index is 13.4. The highest BCUT2D eigenvalue weighted by Crippen LogP contribution is 2.17. The monoisotopic (exact) mass is 451 g/mol. The van der Waals surface area contributed by atoms with Crippen LogP contribution in [-0.2, 0) is 6.54 Å². The number of hydrogen-bond acceptors (Lipinski definition) is 5. The van der Waals surface area contributed by atoms with Gasteiger partial charge in [0.25, 0.3) is 11.8 Å². The molecule has 2 aromatic carbocycles. The summed E-state index contributed by atoms with van der Waals surface area (Å²) in [6.07, 6.45) is 4.26. The molecule has 7 nitrogen and oxygen atoms in total. The van der Waals surface area contributed by atoms with E-state index in [9.17, 15) is 18.4 Å². The Bertz CT molecular complexity index is 1130. The number of nitrogens with one attached hydrogen (secondary N) is 2. The number of likely N-dealkylation sites (tertiary alicyclic amines) is 1. The van der Waals surface area contributed by atoms with E-state index in [2.05, 4.69) is 37.6 Å². The Morgan fingerprint density at radius 3 is 2.39 bits per heavy atom.